The Labute approximate surface area is 125 Å². The molecule has 1 saturated carbocycles. The molecule has 0 bridgehead atoms. The average Bonchev–Trinajstić information content (AvgIpc) is 3.28. The van der Waals surface area contributed by atoms with Crippen LogP contribution >= 0.6 is 0 Å². The molecule has 1 aliphatic carbocycles. The Bertz CT molecular complexity index is 503. The number of hydrogen-bond donors (Lipinski definition) is 0. The van der Waals surface area contributed by atoms with Gasteiger partial charge in [0, 0.05) is 13.0 Å². The van der Waals surface area contributed by atoms with Gasteiger partial charge in [0.2, 0.25) is 5.91 Å². The fourth-order valence-corrected chi connectivity index (χ4v) is 2.46. The third-order valence-electron chi connectivity index (χ3n) is 3.69. The SMILES string of the molecule is CCOc1ccc(C2CC2C(=O)N(C)OC)cc1OCC. The normalized spacial score (nSPS) is 20.0. The van der Waals surface area contributed by atoms with Crippen molar-refractivity contribution in [3.8, 4) is 11.5 Å². The molecule has 2 atom stereocenters. The monoisotopic (exact) mass is 293 g/mol. The third-order valence-corrected chi connectivity index (χ3v) is 3.69. The molecule has 1 amide bonds. The molecule has 1 aromatic rings. The Hall–Kier alpha value is -1.75. The van der Waals surface area contributed by atoms with Gasteiger partial charge in [0.1, 0.15) is 0 Å². The standard InChI is InChI=1S/C16H23NO4/c1-5-20-14-8-7-11(9-15(14)21-6-2)12-10-13(12)16(18)17(3)19-4/h7-9,12-13H,5-6,10H2,1-4H3. The highest BCUT2D eigenvalue weighted by atomic mass is 16.7. The van der Waals surface area contributed by atoms with Gasteiger partial charge in [0.05, 0.1) is 20.3 Å². The van der Waals surface area contributed by atoms with E-state index >= 15 is 0 Å². The summed E-state index contributed by atoms with van der Waals surface area (Å²) in [5.41, 5.74) is 1.12. The second kappa shape index (κ2) is 6.80. The van der Waals surface area contributed by atoms with Crippen LogP contribution in [0, 0.1) is 5.92 Å². The van der Waals surface area contributed by atoms with Crippen LogP contribution in [0.3, 0.4) is 0 Å². The van der Waals surface area contributed by atoms with Crippen LogP contribution in [-0.4, -0.2) is 38.3 Å². The van der Waals surface area contributed by atoms with Gasteiger partial charge < -0.3 is 9.47 Å². The fraction of sp³-hybridized carbons (Fsp3) is 0.562. The molecule has 0 aromatic heterocycles. The highest BCUT2D eigenvalue weighted by Gasteiger charge is 2.45. The molecule has 21 heavy (non-hydrogen) atoms. The molecular weight excluding hydrogens is 270 g/mol. The molecule has 2 unspecified atom stereocenters. The van der Waals surface area contributed by atoms with Gasteiger partial charge in [-0.3, -0.25) is 9.63 Å². The zero-order valence-corrected chi connectivity index (χ0v) is 13.1. The van der Waals surface area contributed by atoms with E-state index in [0.717, 1.165) is 23.5 Å². The van der Waals surface area contributed by atoms with E-state index in [9.17, 15) is 4.79 Å². The van der Waals surface area contributed by atoms with Crippen LogP contribution in [0.15, 0.2) is 18.2 Å². The van der Waals surface area contributed by atoms with Crippen LogP contribution in [0.25, 0.3) is 0 Å². The molecule has 0 aliphatic heterocycles. The summed E-state index contributed by atoms with van der Waals surface area (Å²) in [6.07, 6.45) is 0.853. The zero-order valence-electron chi connectivity index (χ0n) is 13.1. The van der Waals surface area contributed by atoms with Gasteiger partial charge in [0.15, 0.2) is 11.5 Å². The molecule has 1 aliphatic rings. The molecular formula is C16H23NO4. The summed E-state index contributed by atoms with van der Waals surface area (Å²) in [6, 6.07) is 5.92. The molecule has 5 nitrogen and oxygen atoms in total. The lowest BCUT2D eigenvalue weighted by Crippen LogP contribution is -2.27. The van der Waals surface area contributed by atoms with E-state index in [1.165, 1.54) is 12.2 Å². The molecule has 1 aromatic carbocycles. The van der Waals surface area contributed by atoms with Gasteiger partial charge in [-0.25, -0.2) is 5.06 Å². The minimum atomic E-state index is 0.00219. The number of carbonyl (C=O) groups excluding carboxylic acids is 1. The second-order valence-electron chi connectivity index (χ2n) is 5.04. The van der Waals surface area contributed by atoms with Gasteiger partial charge in [-0.2, -0.15) is 0 Å². The van der Waals surface area contributed by atoms with Gasteiger partial charge in [-0.1, -0.05) is 6.07 Å². The zero-order chi connectivity index (χ0) is 15.4. The van der Waals surface area contributed by atoms with Crippen molar-refractivity contribution in [2.24, 2.45) is 5.92 Å². The Morgan fingerprint density at radius 2 is 1.90 bits per heavy atom. The molecule has 5 heteroatoms. The summed E-state index contributed by atoms with van der Waals surface area (Å²) in [4.78, 5) is 17.0. The molecule has 0 spiro atoms. The number of carbonyl (C=O) groups is 1. The van der Waals surface area contributed by atoms with Crippen molar-refractivity contribution >= 4 is 5.91 Å². The number of rotatable bonds is 7. The van der Waals surface area contributed by atoms with Gasteiger partial charge in [0.25, 0.3) is 0 Å². The van der Waals surface area contributed by atoms with E-state index in [1.807, 2.05) is 32.0 Å². The molecule has 0 N–H and O–H groups in total. The van der Waals surface area contributed by atoms with E-state index in [1.54, 1.807) is 7.05 Å². The minimum Gasteiger partial charge on any atom is -0.490 e. The number of hydroxylamine groups is 2. The maximum absolute atomic E-state index is 12.0. The van der Waals surface area contributed by atoms with Crippen molar-refractivity contribution in [3.63, 3.8) is 0 Å². The average molecular weight is 293 g/mol. The van der Waals surface area contributed by atoms with Crippen LogP contribution in [0.5, 0.6) is 11.5 Å². The van der Waals surface area contributed by atoms with Crippen LogP contribution in [0.1, 0.15) is 31.7 Å². The van der Waals surface area contributed by atoms with E-state index in [-0.39, 0.29) is 17.7 Å². The van der Waals surface area contributed by atoms with Crippen molar-refractivity contribution in [1.29, 1.82) is 0 Å². The predicted molar refractivity (Wildman–Crippen MR) is 79.4 cm³/mol. The van der Waals surface area contributed by atoms with Crippen LogP contribution in [0.4, 0.5) is 0 Å². The van der Waals surface area contributed by atoms with Gasteiger partial charge >= 0.3 is 0 Å². The van der Waals surface area contributed by atoms with Crippen LogP contribution in [0.2, 0.25) is 0 Å². The molecule has 2 rings (SSSR count). The lowest BCUT2D eigenvalue weighted by Gasteiger charge is -2.14. The van der Waals surface area contributed by atoms with E-state index in [0.29, 0.717) is 13.2 Å². The number of hydrogen-bond acceptors (Lipinski definition) is 4. The molecule has 1 fully saturated rings. The molecule has 0 saturated heterocycles. The highest BCUT2D eigenvalue weighted by molar-refractivity contribution is 5.82. The maximum Gasteiger partial charge on any atom is 0.249 e. The molecule has 0 heterocycles. The lowest BCUT2D eigenvalue weighted by molar-refractivity contribution is -0.170. The van der Waals surface area contributed by atoms with Crippen molar-refractivity contribution in [3.05, 3.63) is 23.8 Å². The fourth-order valence-electron chi connectivity index (χ4n) is 2.46. The Morgan fingerprint density at radius 1 is 1.24 bits per heavy atom. The quantitative estimate of drug-likeness (QED) is 0.725. The lowest BCUT2D eigenvalue weighted by atomic mass is 10.1. The topological polar surface area (TPSA) is 48.0 Å². The summed E-state index contributed by atoms with van der Waals surface area (Å²) in [7, 11) is 3.14. The first-order valence-electron chi connectivity index (χ1n) is 7.33. The Morgan fingerprint density at radius 3 is 2.52 bits per heavy atom. The van der Waals surface area contributed by atoms with E-state index < -0.39 is 0 Å². The van der Waals surface area contributed by atoms with Crippen molar-refractivity contribution in [1.82, 2.24) is 5.06 Å². The second-order valence-corrected chi connectivity index (χ2v) is 5.04. The number of ether oxygens (including phenoxy) is 2. The highest BCUT2D eigenvalue weighted by Crippen LogP contribution is 2.49. The summed E-state index contributed by atoms with van der Waals surface area (Å²) in [5, 5.41) is 1.29. The summed E-state index contributed by atoms with van der Waals surface area (Å²) in [6.45, 7) is 5.07. The van der Waals surface area contributed by atoms with Crippen molar-refractivity contribution in [2.45, 2.75) is 26.2 Å². The first-order valence-corrected chi connectivity index (χ1v) is 7.33. The predicted octanol–water partition coefficient (Wildman–Crippen LogP) is 2.61. The summed E-state index contributed by atoms with van der Waals surface area (Å²) < 4.78 is 11.2. The number of benzene rings is 1. The van der Waals surface area contributed by atoms with Gasteiger partial charge in [-0.05, 0) is 43.9 Å². The largest absolute Gasteiger partial charge is 0.490 e. The molecule has 116 valence electrons. The van der Waals surface area contributed by atoms with Crippen molar-refractivity contribution < 1.29 is 19.1 Å². The minimum absolute atomic E-state index is 0.00219. The number of amides is 1. The van der Waals surface area contributed by atoms with E-state index in [2.05, 4.69) is 0 Å². The van der Waals surface area contributed by atoms with Crippen LogP contribution < -0.4 is 9.47 Å². The Balaban J connectivity index is 2.11. The first kappa shape index (κ1) is 15.6. The summed E-state index contributed by atoms with van der Waals surface area (Å²) in [5.74, 6) is 1.76. The number of nitrogens with zero attached hydrogens (tertiary/aromatic N) is 1. The molecule has 0 radical (unpaired) electrons. The first-order chi connectivity index (χ1) is 10.1. The van der Waals surface area contributed by atoms with Crippen LogP contribution in [-0.2, 0) is 9.63 Å². The summed E-state index contributed by atoms with van der Waals surface area (Å²) >= 11 is 0. The van der Waals surface area contributed by atoms with Crippen molar-refractivity contribution in [2.75, 3.05) is 27.4 Å². The third kappa shape index (κ3) is 3.47. The van der Waals surface area contributed by atoms with E-state index in [4.69, 9.17) is 14.3 Å². The Kier molecular flexibility index (Phi) is 5.07. The smallest absolute Gasteiger partial charge is 0.249 e. The maximum atomic E-state index is 12.0. The van der Waals surface area contributed by atoms with Gasteiger partial charge in [-0.15, -0.1) is 0 Å².